The summed E-state index contributed by atoms with van der Waals surface area (Å²) in [5, 5.41) is 11.2. The van der Waals surface area contributed by atoms with Crippen LogP contribution in [0.25, 0.3) is 0 Å². The molecule has 0 bridgehead atoms. The van der Waals surface area contributed by atoms with Gasteiger partial charge in [0, 0.05) is 37.9 Å². The first kappa shape index (κ1) is 12.9. The third kappa shape index (κ3) is 3.05. The second-order valence-corrected chi connectivity index (χ2v) is 4.90. The van der Waals surface area contributed by atoms with Crippen molar-refractivity contribution in [3.8, 4) is 11.6 Å². The summed E-state index contributed by atoms with van der Waals surface area (Å²) in [6, 6.07) is 9.99. The van der Waals surface area contributed by atoms with E-state index in [1.807, 2.05) is 25.1 Å². The van der Waals surface area contributed by atoms with E-state index >= 15 is 0 Å². The molecular formula is C15H18N4O. The number of benzene rings is 1. The van der Waals surface area contributed by atoms with Gasteiger partial charge >= 0.3 is 0 Å². The molecule has 1 aliphatic heterocycles. The van der Waals surface area contributed by atoms with E-state index in [-0.39, 0.29) is 0 Å². The highest BCUT2D eigenvalue weighted by Gasteiger charge is 2.10. The van der Waals surface area contributed by atoms with Gasteiger partial charge in [-0.1, -0.05) is 0 Å². The Morgan fingerprint density at radius 1 is 1.15 bits per heavy atom. The van der Waals surface area contributed by atoms with E-state index < -0.39 is 0 Å². The molecule has 1 saturated heterocycles. The average molecular weight is 270 g/mol. The van der Waals surface area contributed by atoms with Crippen molar-refractivity contribution in [3.05, 3.63) is 42.1 Å². The molecule has 0 unspecified atom stereocenters. The van der Waals surface area contributed by atoms with Crippen molar-refractivity contribution in [2.75, 3.05) is 31.1 Å². The largest absolute Gasteiger partial charge is 0.438 e. The third-order valence-electron chi connectivity index (χ3n) is 3.31. The fourth-order valence-electron chi connectivity index (χ4n) is 2.26. The second kappa shape index (κ2) is 5.88. The van der Waals surface area contributed by atoms with Gasteiger partial charge in [0.05, 0.1) is 6.20 Å². The monoisotopic (exact) mass is 270 g/mol. The molecule has 0 amide bonds. The molecule has 0 aliphatic carbocycles. The van der Waals surface area contributed by atoms with E-state index in [1.54, 1.807) is 6.20 Å². The van der Waals surface area contributed by atoms with E-state index in [0.717, 1.165) is 37.5 Å². The third-order valence-corrected chi connectivity index (χ3v) is 3.31. The lowest BCUT2D eigenvalue weighted by Gasteiger charge is -2.29. The lowest BCUT2D eigenvalue weighted by molar-refractivity contribution is 0.454. The summed E-state index contributed by atoms with van der Waals surface area (Å²) in [6.45, 7) is 6.14. The molecule has 5 nitrogen and oxygen atoms in total. The topological polar surface area (TPSA) is 50.3 Å². The highest BCUT2D eigenvalue weighted by atomic mass is 16.5. The zero-order valence-electron chi connectivity index (χ0n) is 11.5. The maximum absolute atomic E-state index is 5.70. The lowest BCUT2D eigenvalue weighted by Crippen LogP contribution is -2.43. The van der Waals surface area contributed by atoms with Gasteiger partial charge in [-0.3, -0.25) is 0 Å². The normalized spacial score (nSPS) is 15.2. The Morgan fingerprint density at radius 3 is 2.60 bits per heavy atom. The predicted octanol–water partition coefficient (Wildman–Crippen LogP) is 1.99. The van der Waals surface area contributed by atoms with Gasteiger partial charge in [-0.15, -0.1) is 5.10 Å². The average Bonchev–Trinajstić information content (AvgIpc) is 2.49. The molecule has 3 rings (SSSR count). The molecule has 1 N–H and O–H groups in total. The molecule has 5 heteroatoms. The van der Waals surface area contributed by atoms with Gasteiger partial charge in [-0.05, 0) is 36.8 Å². The van der Waals surface area contributed by atoms with Gasteiger partial charge in [-0.2, -0.15) is 5.10 Å². The van der Waals surface area contributed by atoms with Gasteiger partial charge in [0.2, 0.25) is 5.88 Å². The van der Waals surface area contributed by atoms with Crippen LogP contribution < -0.4 is 15.0 Å². The number of nitrogens with one attached hydrogen (secondary N) is 1. The van der Waals surface area contributed by atoms with Crippen LogP contribution in [-0.4, -0.2) is 36.4 Å². The van der Waals surface area contributed by atoms with Gasteiger partial charge in [-0.25, -0.2) is 0 Å². The van der Waals surface area contributed by atoms with E-state index in [1.165, 1.54) is 5.69 Å². The number of ether oxygens (including phenoxy) is 1. The van der Waals surface area contributed by atoms with Gasteiger partial charge < -0.3 is 15.0 Å². The van der Waals surface area contributed by atoms with Crippen molar-refractivity contribution in [3.63, 3.8) is 0 Å². The number of nitrogens with zero attached hydrogens (tertiary/aromatic N) is 3. The molecule has 1 aromatic carbocycles. The fraction of sp³-hybridized carbons (Fsp3) is 0.333. The van der Waals surface area contributed by atoms with E-state index in [0.29, 0.717) is 5.88 Å². The molecular weight excluding hydrogens is 252 g/mol. The maximum Gasteiger partial charge on any atom is 0.239 e. The molecule has 0 spiro atoms. The Morgan fingerprint density at radius 2 is 1.90 bits per heavy atom. The van der Waals surface area contributed by atoms with Crippen molar-refractivity contribution in [2.45, 2.75) is 6.92 Å². The highest BCUT2D eigenvalue weighted by Crippen LogP contribution is 2.23. The van der Waals surface area contributed by atoms with Crippen LogP contribution >= 0.6 is 0 Å². The number of anilines is 1. The van der Waals surface area contributed by atoms with Crippen LogP contribution in [0.2, 0.25) is 0 Å². The van der Waals surface area contributed by atoms with Crippen molar-refractivity contribution in [1.29, 1.82) is 0 Å². The van der Waals surface area contributed by atoms with Crippen LogP contribution in [0.4, 0.5) is 5.69 Å². The summed E-state index contributed by atoms with van der Waals surface area (Å²) >= 11 is 0. The summed E-state index contributed by atoms with van der Waals surface area (Å²) in [6.07, 6.45) is 1.71. The molecule has 104 valence electrons. The molecule has 1 aromatic heterocycles. The van der Waals surface area contributed by atoms with Crippen LogP contribution in [0, 0.1) is 6.92 Å². The Kier molecular flexibility index (Phi) is 3.78. The second-order valence-electron chi connectivity index (χ2n) is 4.90. The SMILES string of the molecule is Cc1cnnc(Oc2ccc(N3CCNCC3)cc2)c1. The first-order chi connectivity index (χ1) is 9.81. The molecule has 0 radical (unpaired) electrons. The van der Waals surface area contributed by atoms with Crippen LogP contribution in [0.3, 0.4) is 0 Å². The number of hydrogen-bond acceptors (Lipinski definition) is 5. The minimum absolute atomic E-state index is 0.528. The van der Waals surface area contributed by atoms with Gasteiger partial charge in [0.15, 0.2) is 0 Å². The Bertz CT molecular complexity index is 564. The highest BCUT2D eigenvalue weighted by molar-refractivity contribution is 5.49. The zero-order chi connectivity index (χ0) is 13.8. The fourth-order valence-corrected chi connectivity index (χ4v) is 2.26. The first-order valence-electron chi connectivity index (χ1n) is 6.84. The van der Waals surface area contributed by atoms with Gasteiger partial charge in [0.25, 0.3) is 0 Å². The molecule has 0 atom stereocenters. The van der Waals surface area contributed by atoms with E-state index in [4.69, 9.17) is 4.74 Å². The Labute approximate surface area is 118 Å². The Balaban J connectivity index is 1.69. The number of aryl methyl sites for hydroxylation is 1. The molecule has 0 saturated carbocycles. The minimum Gasteiger partial charge on any atom is -0.438 e. The van der Waals surface area contributed by atoms with Crippen molar-refractivity contribution in [2.24, 2.45) is 0 Å². The minimum atomic E-state index is 0.528. The van der Waals surface area contributed by atoms with Crippen LogP contribution in [0.1, 0.15) is 5.56 Å². The Hall–Kier alpha value is -2.14. The number of aromatic nitrogens is 2. The van der Waals surface area contributed by atoms with E-state index in [9.17, 15) is 0 Å². The molecule has 20 heavy (non-hydrogen) atoms. The van der Waals surface area contributed by atoms with Crippen LogP contribution in [0.15, 0.2) is 36.5 Å². The van der Waals surface area contributed by atoms with Gasteiger partial charge in [0.1, 0.15) is 5.75 Å². The molecule has 2 heterocycles. The van der Waals surface area contributed by atoms with Crippen molar-refractivity contribution >= 4 is 5.69 Å². The number of piperazine rings is 1. The molecule has 1 fully saturated rings. The first-order valence-corrected chi connectivity index (χ1v) is 6.84. The van der Waals surface area contributed by atoms with Crippen LogP contribution in [-0.2, 0) is 0 Å². The summed E-state index contributed by atoms with van der Waals surface area (Å²) < 4.78 is 5.70. The van der Waals surface area contributed by atoms with E-state index in [2.05, 4.69) is 32.5 Å². The zero-order valence-corrected chi connectivity index (χ0v) is 11.5. The summed E-state index contributed by atoms with van der Waals surface area (Å²) in [7, 11) is 0. The molecule has 2 aromatic rings. The predicted molar refractivity (Wildman–Crippen MR) is 78.4 cm³/mol. The maximum atomic E-state index is 5.70. The summed E-state index contributed by atoms with van der Waals surface area (Å²) in [5.41, 5.74) is 2.27. The van der Waals surface area contributed by atoms with Crippen LogP contribution in [0.5, 0.6) is 11.6 Å². The lowest BCUT2D eigenvalue weighted by atomic mass is 10.2. The molecule has 1 aliphatic rings. The summed E-state index contributed by atoms with van der Waals surface area (Å²) in [4.78, 5) is 2.37. The summed E-state index contributed by atoms with van der Waals surface area (Å²) in [5.74, 6) is 1.31. The number of rotatable bonds is 3. The van der Waals surface area contributed by atoms with Crippen molar-refractivity contribution in [1.82, 2.24) is 15.5 Å². The smallest absolute Gasteiger partial charge is 0.239 e. The quantitative estimate of drug-likeness (QED) is 0.924. The number of hydrogen-bond donors (Lipinski definition) is 1. The van der Waals surface area contributed by atoms with Crippen molar-refractivity contribution < 1.29 is 4.74 Å². The standard InChI is InChI=1S/C15H18N4O/c1-12-10-15(18-17-11-12)20-14-4-2-13(3-5-14)19-8-6-16-7-9-19/h2-5,10-11,16H,6-9H2,1H3.